The summed E-state index contributed by atoms with van der Waals surface area (Å²) in [5.41, 5.74) is 0. The maximum absolute atomic E-state index is 13.0. The van der Waals surface area contributed by atoms with Gasteiger partial charge in [0.1, 0.15) is 0 Å². The molecule has 6 heteroatoms. The Hall–Kier alpha value is -1.40. The van der Waals surface area contributed by atoms with Crippen molar-refractivity contribution in [2.24, 2.45) is 5.92 Å². The lowest BCUT2D eigenvalue weighted by Gasteiger charge is -2.35. The van der Waals surface area contributed by atoms with Crippen molar-refractivity contribution >= 4 is 15.7 Å². The van der Waals surface area contributed by atoms with Gasteiger partial charge >= 0.3 is 0 Å². The Bertz CT molecular complexity index is 727. The first-order valence-electron chi connectivity index (χ1n) is 10.5. The molecule has 0 aliphatic carbocycles. The molecule has 0 spiro atoms. The largest absolute Gasteiger partial charge is 0.343 e. The summed E-state index contributed by atoms with van der Waals surface area (Å²) in [6, 6.07) is 8.71. The predicted octanol–water partition coefficient (Wildman–Crippen LogP) is 3.60. The average Bonchev–Trinajstić information content (AvgIpc) is 2.69. The number of hydrogen-bond donors (Lipinski definition) is 0. The van der Waals surface area contributed by atoms with E-state index in [4.69, 9.17) is 0 Å². The van der Waals surface area contributed by atoms with Gasteiger partial charge in [0.2, 0.25) is 5.91 Å². The third kappa shape index (κ3) is 5.35. The van der Waals surface area contributed by atoms with Crippen molar-refractivity contribution in [2.75, 3.05) is 32.7 Å². The smallest absolute Gasteiger partial charge is 0.226 e. The van der Waals surface area contributed by atoms with Gasteiger partial charge in [0, 0.05) is 19.6 Å². The van der Waals surface area contributed by atoms with Crippen molar-refractivity contribution in [3.05, 3.63) is 30.3 Å². The Morgan fingerprint density at radius 2 is 1.82 bits per heavy atom. The number of carbonyl (C=O) groups is 1. The van der Waals surface area contributed by atoms with Crippen LogP contribution in [0.2, 0.25) is 0 Å². The van der Waals surface area contributed by atoms with E-state index in [0.717, 1.165) is 52.0 Å². The quantitative estimate of drug-likeness (QED) is 0.626. The molecule has 0 radical (unpaired) electrons. The second-order valence-corrected chi connectivity index (χ2v) is 10.9. The van der Waals surface area contributed by atoms with Crippen molar-refractivity contribution in [3.8, 4) is 0 Å². The van der Waals surface area contributed by atoms with E-state index >= 15 is 0 Å². The summed E-state index contributed by atoms with van der Waals surface area (Å²) in [7, 11) is -3.36. The number of carbonyl (C=O) groups excluding carboxylic acids is 1. The first kappa shape index (κ1) is 22.9. The van der Waals surface area contributed by atoms with Crippen LogP contribution >= 0.6 is 0 Å². The molecule has 0 bridgehead atoms. The fourth-order valence-corrected chi connectivity index (χ4v) is 5.60. The zero-order chi connectivity index (χ0) is 20.8. The van der Waals surface area contributed by atoms with Crippen LogP contribution in [-0.2, 0) is 14.6 Å². The van der Waals surface area contributed by atoms with Gasteiger partial charge in [-0.15, -0.1) is 0 Å². The minimum absolute atomic E-state index is 0.0784. The van der Waals surface area contributed by atoms with E-state index in [1.165, 1.54) is 0 Å². The number of likely N-dealkylation sites (tertiary alicyclic amines) is 1. The Kier molecular flexibility index (Phi) is 8.07. The third-order valence-corrected chi connectivity index (χ3v) is 8.52. The van der Waals surface area contributed by atoms with Gasteiger partial charge < -0.3 is 9.80 Å². The van der Waals surface area contributed by atoms with Crippen LogP contribution < -0.4 is 0 Å². The van der Waals surface area contributed by atoms with Crippen LogP contribution in [0.15, 0.2) is 35.2 Å². The molecule has 0 N–H and O–H groups in total. The summed E-state index contributed by atoms with van der Waals surface area (Å²) in [5.74, 6) is 0.344. The fourth-order valence-electron chi connectivity index (χ4n) is 4.04. The van der Waals surface area contributed by atoms with Gasteiger partial charge in [0.05, 0.1) is 15.6 Å². The Morgan fingerprint density at radius 3 is 2.43 bits per heavy atom. The van der Waals surface area contributed by atoms with Gasteiger partial charge in [-0.3, -0.25) is 4.79 Å². The molecule has 1 amide bonds. The van der Waals surface area contributed by atoms with Gasteiger partial charge in [0.15, 0.2) is 9.84 Å². The molecule has 0 aromatic heterocycles. The van der Waals surface area contributed by atoms with Crippen molar-refractivity contribution in [1.82, 2.24) is 9.80 Å². The van der Waals surface area contributed by atoms with E-state index in [1.807, 2.05) is 38.7 Å². The molecule has 28 heavy (non-hydrogen) atoms. The van der Waals surface area contributed by atoms with Crippen molar-refractivity contribution in [2.45, 2.75) is 63.0 Å². The number of amides is 1. The number of nitrogens with zero attached hydrogens (tertiary/aromatic N) is 2. The highest BCUT2D eigenvalue weighted by Gasteiger charge is 2.35. The van der Waals surface area contributed by atoms with Crippen LogP contribution in [0.5, 0.6) is 0 Å². The van der Waals surface area contributed by atoms with Gasteiger partial charge in [-0.2, -0.15) is 0 Å². The average molecular weight is 409 g/mol. The maximum Gasteiger partial charge on any atom is 0.226 e. The van der Waals surface area contributed by atoms with E-state index < -0.39 is 14.6 Å². The number of piperidine rings is 1. The molecular formula is C22H36N2O3S. The Balaban J connectivity index is 1.90. The van der Waals surface area contributed by atoms with Gasteiger partial charge in [-0.25, -0.2) is 8.42 Å². The summed E-state index contributed by atoms with van der Waals surface area (Å²) in [6.45, 7) is 11.8. The van der Waals surface area contributed by atoms with E-state index in [-0.39, 0.29) is 11.8 Å². The zero-order valence-electron chi connectivity index (χ0n) is 17.9. The van der Waals surface area contributed by atoms with E-state index in [2.05, 4.69) is 4.90 Å². The molecule has 1 atom stereocenters. The predicted molar refractivity (Wildman–Crippen MR) is 114 cm³/mol. The molecule has 0 saturated carbocycles. The molecule has 5 nitrogen and oxygen atoms in total. The molecule has 1 heterocycles. The lowest BCUT2D eigenvalue weighted by atomic mass is 9.96. The van der Waals surface area contributed by atoms with E-state index in [9.17, 15) is 13.2 Å². The molecule has 1 aromatic carbocycles. The monoisotopic (exact) mass is 408 g/mol. The molecule has 1 aliphatic rings. The van der Waals surface area contributed by atoms with Crippen molar-refractivity contribution in [3.63, 3.8) is 0 Å². The molecule has 1 aliphatic heterocycles. The summed E-state index contributed by atoms with van der Waals surface area (Å²) in [6.07, 6.45) is 3.41. The van der Waals surface area contributed by atoms with Crippen LogP contribution in [0.3, 0.4) is 0 Å². The van der Waals surface area contributed by atoms with Crippen LogP contribution in [0.1, 0.15) is 53.4 Å². The topological polar surface area (TPSA) is 57.7 Å². The van der Waals surface area contributed by atoms with E-state index in [1.54, 1.807) is 24.3 Å². The maximum atomic E-state index is 13.0. The van der Waals surface area contributed by atoms with Gasteiger partial charge in [-0.1, -0.05) is 18.2 Å². The minimum Gasteiger partial charge on any atom is -0.343 e. The summed E-state index contributed by atoms with van der Waals surface area (Å²) >= 11 is 0. The van der Waals surface area contributed by atoms with Crippen LogP contribution in [0.25, 0.3) is 0 Å². The third-order valence-electron chi connectivity index (χ3n) is 5.96. The molecule has 158 valence electrons. The zero-order valence-corrected chi connectivity index (χ0v) is 18.7. The summed E-state index contributed by atoms with van der Waals surface area (Å²) in [4.78, 5) is 17.3. The lowest BCUT2D eigenvalue weighted by molar-refractivity contribution is -0.137. The van der Waals surface area contributed by atoms with Crippen LogP contribution in [-0.4, -0.2) is 61.6 Å². The molecule has 1 unspecified atom stereocenters. The molecule has 1 aromatic rings. The number of benzene rings is 1. The first-order chi connectivity index (χ1) is 13.2. The number of rotatable bonds is 9. The minimum atomic E-state index is -3.36. The van der Waals surface area contributed by atoms with Crippen molar-refractivity contribution in [1.29, 1.82) is 0 Å². The second-order valence-electron chi connectivity index (χ2n) is 8.33. The van der Waals surface area contributed by atoms with E-state index in [0.29, 0.717) is 11.3 Å². The molecule has 1 fully saturated rings. The van der Waals surface area contributed by atoms with Gasteiger partial charge in [-0.05, 0) is 78.6 Å². The standard InChI is InChI=1S/C22H36N2O3S/c1-5-24(6-2)21(25)19-12-10-16-23(18-19)17-11-15-22(3,4)28(26,27)20-13-8-7-9-14-20/h7-9,13-14,19H,5-6,10-12,15-18H2,1-4H3. The summed E-state index contributed by atoms with van der Waals surface area (Å²) < 4.78 is 25.1. The van der Waals surface area contributed by atoms with Crippen molar-refractivity contribution < 1.29 is 13.2 Å². The number of sulfone groups is 1. The van der Waals surface area contributed by atoms with Gasteiger partial charge in [0.25, 0.3) is 0 Å². The first-order valence-corrected chi connectivity index (χ1v) is 12.0. The summed E-state index contributed by atoms with van der Waals surface area (Å²) in [5, 5.41) is 0. The molecule has 2 rings (SSSR count). The van der Waals surface area contributed by atoms with Crippen LogP contribution in [0, 0.1) is 5.92 Å². The fraction of sp³-hybridized carbons (Fsp3) is 0.682. The lowest BCUT2D eigenvalue weighted by Crippen LogP contribution is -2.45. The Morgan fingerprint density at radius 1 is 1.18 bits per heavy atom. The highest BCUT2D eigenvalue weighted by atomic mass is 32.2. The number of hydrogen-bond acceptors (Lipinski definition) is 4. The highest BCUT2D eigenvalue weighted by Crippen LogP contribution is 2.30. The molecule has 1 saturated heterocycles. The SMILES string of the molecule is CCN(CC)C(=O)C1CCCN(CCCC(C)(C)S(=O)(=O)c2ccccc2)C1. The highest BCUT2D eigenvalue weighted by molar-refractivity contribution is 7.92. The Labute approximate surface area is 171 Å². The second kappa shape index (κ2) is 9.88. The molecular weight excluding hydrogens is 372 g/mol. The van der Waals surface area contributed by atoms with Crippen LogP contribution in [0.4, 0.5) is 0 Å². The normalized spacial score (nSPS) is 18.8.